The second-order valence-electron chi connectivity index (χ2n) is 5.17. The van der Waals surface area contributed by atoms with Crippen molar-refractivity contribution in [2.45, 2.75) is 31.8 Å². The van der Waals surface area contributed by atoms with Gasteiger partial charge in [-0.2, -0.15) is 0 Å². The van der Waals surface area contributed by atoms with Gasteiger partial charge in [0.2, 0.25) is 0 Å². The zero-order valence-corrected chi connectivity index (χ0v) is 11.4. The Morgan fingerprint density at radius 1 is 1.50 bits per heavy atom. The zero-order chi connectivity index (χ0) is 14.1. The zero-order valence-electron chi connectivity index (χ0n) is 11.4. The van der Waals surface area contributed by atoms with Crippen molar-refractivity contribution in [3.63, 3.8) is 0 Å². The number of hydrogen-bond donors (Lipinski definition) is 3. The van der Waals surface area contributed by atoms with Crippen molar-refractivity contribution >= 4 is 11.7 Å². The van der Waals surface area contributed by atoms with E-state index in [0.29, 0.717) is 5.69 Å². The van der Waals surface area contributed by atoms with Gasteiger partial charge in [0.25, 0.3) is 0 Å². The minimum atomic E-state index is -0.945. The van der Waals surface area contributed by atoms with E-state index in [2.05, 4.69) is 15.7 Å². The summed E-state index contributed by atoms with van der Waals surface area (Å²) < 4.78 is 0. The normalized spacial score (nSPS) is 21.9. The molecule has 6 nitrogen and oxygen atoms in total. The number of hydrogen-bond acceptors (Lipinski definition) is 5. The highest BCUT2D eigenvalue weighted by Crippen LogP contribution is 2.33. The Hall–Kier alpha value is -2.08. The topological polar surface area (TPSA) is 77.5 Å². The fourth-order valence-corrected chi connectivity index (χ4v) is 2.93. The molecule has 0 saturated heterocycles. The summed E-state index contributed by atoms with van der Waals surface area (Å²) in [5.41, 5.74) is 6.79. The SMILES string of the molecule is CN1NC(Nc2cnccc2C(=O)O)C2=C1CCCC2. The van der Waals surface area contributed by atoms with Crippen LogP contribution in [0, 0.1) is 0 Å². The molecule has 3 rings (SSSR count). The fourth-order valence-electron chi connectivity index (χ4n) is 2.93. The molecule has 3 N–H and O–H groups in total. The summed E-state index contributed by atoms with van der Waals surface area (Å²) in [6, 6.07) is 1.51. The molecule has 0 fully saturated rings. The minimum Gasteiger partial charge on any atom is -0.478 e. The molecule has 0 bridgehead atoms. The second kappa shape index (κ2) is 5.13. The Bertz CT molecular complexity index is 570. The summed E-state index contributed by atoms with van der Waals surface area (Å²) in [5, 5.41) is 14.5. The Balaban J connectivity index is 1.86. The van der Waals surface area contributed by atoms with Crippen LogP contribution in [0.15, 0.2) is 29.7 Å². The predicted octanol–water partition coefficient (Wildman–Crippen LogP) is 1.80. The smallest absolute Gasteiger partial charge is 0.337 e. The number of pyridine rings is 1. The highest BCUT2D eigenvalue weighted by molar-refractivity contribution is 5.93. The van der Waals surface area contributed by atoms with E-state index in [-0.39, 0.29) is 11.7 Å². The van der Waals surface area contributed by atoms with E-state index in [0.717, 1.165) is 12.8 Å². The van der Waals surface area contributed by atoms with Crippen molar-refractivity contribution in [3.05, 3.63) is 35.3 Å². The van der Waals surface area contributed by atoms with E-state index in [1.54, 1.807) is 6.20 Å². The molecular weight excluding hydrogens is 256 g/mol. The number of carboxylic acids is 1. The molecule has 2 aliphatic rings. The first-order chi connectivity index (χ1) is 9.66. The molecule has 1 atom stereocenters. The quantitative estimate of drug-likeness (QED) is 0.780. The first-order valence-electron chi connectivity index (χ1n) is 6.82. The van der Waals surface area contributed by atoms with Gasteiger partial charge in [0.05, 0.1) is 17.4 Å². The highest BCUT2D eigenvalue weighted by atomic mass is 16.4. The predicted molar refractivity (Wildman–Crippen MR) is 75.0 cm³/mol. The molecule has 1 aromatic heterocycles. The highest BCUT2D eigenvalue weighted by Gasteiger charge is 2.30. The Kier molecular flexibility index (Phi) is 3.31. The monoisotopic (exact) mass is 274 g/mol. The van der Waals surface area contributed by atoms with Crippen LogP contribution in [0.3, 0.4) is 0 Å². The van der Waals surface area contributed by atoms with Gasteiger partial charge >= 0.3 is 5.97 Å². The number of rotatable bonds is 3. The lowest BCUT2D eigenvalue weighted by atomic mass is 9.95. The van der Waals surface area contributed by atoms with Gasteiger partial charge in [-0.05, 0) is 37.3 Å². The van der Waals surface area contributed by atoms with Crippen molar-refractivity contribution in [3.8, 4) is 0 Å². The third-order valence-corrected chi connectivity index (χ3v) is 3.91. The number of anilines is 1. The summed E-state index contributed by atoms with van der Waals surface area (Å²) in [6.07, 6.45) is 7.54. The molecule has 1 aromatic rings. The number of allylic oxidation sites excluding steroid dienone is 1. The number of hydrazine groups is 1. The summed E-state index contributed by atoms with van der Waals surface area (Å²) in [7, 11) is 2.00. The van der Waals surface area contributed by atoms with Gasteiger partial charge in [-0.15, -0.1) is 0 Å². The van der Waals surface area contributed by atoms with Crippen LogP contribution in [0.2, 0.25) is 0 Å². The van der Waals surface area contributed by atoms with Gasteiger partial charge in [-0.1, -0.05) is 0 Å². The minimum absolute atomic E-state index is 0.0439. The lowest BCUT2D eigenvalue weighted by Crippen LogP contribution is -2.39. The number of carboxylic acid groups (broad SMARTS) is 1. The maximum absolute atomic E-state index is 11.2. The molecule has 20 heavy (non-hydrogen) atoms. The third-order valence-electron chi connectivity index (χ3n) is 3.91. The largest absolute Gasteiger partial charge is 0.478 e. The molecule has 1 aliphatic carbocycles. The third kappa shape index (κ3) is 2.22. The first-order valence-corrected chi connectivity index (χ1v) is 6.82. The van der Waals surface area contributed by atoms with Gasteiger partial charge in [-0.3, -0.25) is 4.98 Å². The van der Waals surface area contributed by atoms with Crippen LogP contribution in [0.1, 0.15) is 36.0 Å². The number of aromatic nitrogens is 1. The molecule has 0 radical (unpaired) electrons. The van der Waals surface area contributed by atoms with E-state index in [4.69, 9.17) is 0 Å². The maximum Gasteiger partial charge on any atom is 0.337 e. The van der Waals surface area contributed by atoms with Crippen LogP contribution < -0.4 is 10.7 Å². The molecular formula is C14H18N4O2. The molecule has 0 aromatic carbocycles. The van der Waals surface area contributed by atoms with E-state index in [9.17, 15) is 9.90 Å². The average Bonchev–Trinajstić information content (AvgIpc) is 2.76. The Morgan fingerprint density at radius 2 is 2.30 bits per heavy atom. The first kappa shape index (κ1) is 12.9. The van der Waals surface area contributed by atoms with E-state index in [1.807, 2.05) is 12.1 Å². The summed E-state index contributed by atoms with van der Waals surface area (Å²) in [4.78, 5) is 15.2. The molecule has 0 saturated carbocycles. The lowest BCUT2D eigenvalue weighted by molar-refractivity contribution is 0.0697. The second-order valence-corrected chi connectivity index (χ2v) is 5.17. The molecule has 1 aliphatic heterocycles. The Labute approximate surface area is 117 Å². The van der Waals surface area contributed by atoms with Gasteiger partial charge in [0, 0.05) is 18.9 Å². The summed E-state index contributed by atoms with van der Waals surface area (Å²) >= 11 is 0. The standard InChI is InChI=1S/C14H18N4O2/c1-18-12-5-3-2-4-10(12)13(17-18)16-11-8-15-7-6-9(11)14(19)20/h6-8,13,16-17H,2-5H2,1H3,(H,19,20). The Morgan fingerprint density at radius 3 is 3.10 bits per heavy atom. The van der Waals surface area contributed by atoms with Crippen LogP contribution in [0.25, 0.3) is 0 Å². The molecule has 106 valence electrons. The number of carbonyl (C=O) groups is 1. The van der Waals surface area contributed by atoms with Crippen molar-refractivity contribution < 1.29 is 9.90 Å². The van der Waals surface area contributed by atoms with E-state index < -0.39 is 5.97 Å². The number of aromatic carboxylic acids is 1. The molecule has 0 amide bonds. The number of nitrogens with one attached hydrogen (secondary N) is 2. The van der Waals surface area contributed by atoms with Crippen LogP contribution >= 0.6 is 0 Å². The maximum atomic E-state index is 11.2. The van der Waals surface area contributed by atoms with Crippen molar-refractivity contribution in [2.24, 2.45) is 0 Å². The van der Waals surface area contributed by atoms with Gasteiger partial charge in [-0.25, -0.2) is 10.2 Å². The van der Waals surface area contributed by atoms with Crippen molar-refractivity contribution in [1.82, 2.24) is 15.4 Å². The van der Waals surface area contributed by atoms with Crippen LogP contribution in [-0.4, -0.2) is 34.3 Å². The average molecular weight is 274 g/mol. The van der Waals surface area contributed by atoms with E-state index in [1.165, 1.54) is 36.4 Å². The fraction of sp³-hybridized carbons (Fsp3) is 0.429. The van der Waals surface area contributed by atoms with E-state index >= 15 is 0 Å². The van der Waals surface area contributed by atoms with Gasteiger partial charge in [0.15, 0.2) is 0 Å². The van der Waals surface area contributed by atoms with Gasteiger partial charge < -0.3 is 15.4 Å². The summed E-state index contributed by atoms with van der Waals surface area (Å²) in [6.45, 7) is 0. The molecule has 1 unspecified atom stereocenters. The lowest BCUT2D eigenvalue weighted by Gasteiger charge is -2.20. The molecule has 6 heteroatoms. The van der Waals surface area contributed by atoms with Crippen LogP contribution in [0.5, 0.6) is 0 Å². The van der Waals surface area contributed by atoms with Crippen molar-refractivity contribution in [2.75, 3.05) is 12.4 Å². The van der Waals surface area contributed by atoms with Crippen LogP contribution in [-0.2, 0) is 0 Å². The number of nitrogens with zero attached hydrogens (tertiary/aromatic N) is 2. The van der Waals surface area contributed by atoms with Crippen LogP contribution in [0.4, 0.5) is 5.69 Å². The van der Waals surface area contributed by atoms with Crippen molar-refractivity contribution in [1.29, 1.82) is 0 Å². The molecule has 2 heterocycles. The summed E-state index contributed by atoms with van der Waals surface area (Å²) in [5.74, 6) is -0.945. The molecule has 0 spiro atoms. The van der Waals surface area contributed by atoms with Gasteiger partial charge in [0.1, 0.15) is 6.17 Å².